The lowest BCUT2D eigenvalue weighted by Gasteiger charge is -2.05. The Morgan fingerprint density at radius 3 is 2.72 bits per heavy atom. The summed E-state index contributed by atoms with van der Waals surface area (Å²) in [4.78, 5) is 27.9. The van der Waals surface area contributed by atoms with Gasteiger partial charge >= 0.3 is 5.97 Å². The number of thiazole rings is 1. The third kappa shape index (κ3) is 4.50. The van der Waals surface area contributed by atoms with Crippen molar-refractivity contribution in [3.8, 4) is 0 Å². The molecule has 0 aliphatic carbocycles. The van der Waals surface area contributed by atoms with Crippen LogP contribution in [0.2, 0.25) is 5.02 Å². The Balaban J connectivity index is 1.73. The zero-order valence-corrected chi connectivity index (χ0v) is 15.5. The maximum Gasteiger partial charge on any atom is 0.316 e. The lowest BCUT2D eigenvalue weighted by Crippen LogP contribution is -2.11. The number of carbonyl (C=O) groups excluding carboxylic acids is 2. The van der Waals surface area contributed by atoms with Gasteiger partial charge in [-0.05, 0) is 42.5 Å². The van der Waals surface area contributed by atoms with E-state index in [0.717, 1.165) is 14.6 Å². The molecule has 0 spiro atoms. The van der Waals surface area contributed by atoms with Gasteiger partial charge in [0.15, 0.2) is 4.34 Å². The van der Waals surface area contributed by atoms with Crippen molar-refractivity contribution in [2.24, 2.45) is 0 Å². The molecule has 8 heteroatoms. The fourth-order valence-corrected chi connectivity index (χ4v) is 4.09. The highest BCUT2D eigenvalue weighted by molar-refractivity contribution is 8.01. The summed E-state index contributed by atoms with van der Waals surface area (Å²) in [5.74, 6) is -0.280. The molecule has 0 fully saturated rings. The smallest absolute Gasteiger partial charge is 0.316 e. The summed E-state index contributed by atoms with van der Waals surface area (Å²) in [5.41, 5.74) is 2.03. The second-order valence-corrected chi connectivity index (χ2v) is 7.68. The first-order chi connectivity index (χ1) is 12.0. The molecule has 0 saturated heterocycles. The summed E-state index contributed by atoms with van der Waals surface area (Å²) in [6.45, 7) is 0. The quantitative estimate of drug-likeness (QED) is 0.512. The molecule has 25 heavy (non-hydrogen) atoms. The molecule has 0 atom stereocenters. The number of hydrogen-bond donors (Lipinski definition) is 1. The van der Waals surface area contributed by atoms with Crippen molar-refractivity contribution in [1.29, 1.82) is 0 Å². The van der Waals surface area contributed by atoms with Crippen molar-refractivity contribution in [2.45, 2.75) is 4.34 Å². The molecular formula is C17H13ClN2O3S2. The maximum absolute atomic E-state index is 12.3. The first kappa shape index (κ1) is 17.7. The maximum atomic E-state index is 12.3. The number of esters is 1. The van der Waals surface area contributed by atoms with Gasteiger partial charge in [0.25, 0.3) is 5.91 Å². The van der Waals surface area contributed by atoms with Crippen LogP contribution in [0.5, 0.6) is 0 Å². The van der Waals surface area contributed by atoms with Gasteiger partial charge in [0.05, 0.1) is 23.1 Å². The molecule has 1 amide bonds. The van der Waals surface area contributed by atoms with Crippen LogP contribution in [-0.2, 0) is 9.53 Å². The lowest BCUT2D eigenvalue weighted by molar-refractivity contribution is -0.137. The molecule has 1 aromatic heterocycles. The molecule has 0 unspecified atom stereocenters. The van der Waals surface area contributed by atoms with Crippen LogP contribution < -0.4 is 5.32 Å². The number of fused-ring (bicyclic) bond motifs is 1. The van der Waals surface area contributed by atoms with E-state index in [-0.39, 0.29) is 17.6 Å². The van der Waals surface area contributed by atoms with Crippen LogP contribution in [-0.4, -0.2) is 29.7 Å². The fourth-order valence-electron chi connectivity index (χ4n) is 2.03. The van der Waals surface area contributed by atoms with E-state index in [0.29, 0.717) is 16.3 Å². The number of benzene rings is 2. The zero-order valence-electron chi connectivity index (χ0n) is 13.1. The SMILES string of the molecule is COC(=O)CSc1nc2ccc(NC(=O)c3ccc(Cl)cc3)cc2s1. The summed E-state index contributed by atoms with van der Waals surface area (Å²) >= 11 is 8.62. The van der Waals surface area contributed by atoms with Crippen LogP contribution >= 0.6 is 34.7 Å². The van der Waals surface area contributed by atoms with Crippen LogP contribution in [0.4, 0.5) is 5.69 Å². The number of hydrogen-bond acceptors (Lipinski definition) is 6. The molecule has 0 aliphatic heterocycles. The van der Waals surface area contributed by atoms with Gasteiger partial charge in [0, 0.05) is 16.3 Å². The second-order valence-electron chi connectivity index (χ2n) is 4.99. The van der Waals surface area contributed by atoms with Gasteiger partial charge in [-0.25, -0.2) is 4.98 Å². The molecule has 2 aromatic carbocycles. The third-order valence-corrected chi connectivity index (χ3v) is 5.66. The van der Waals surface area contributed by atoms with Gasteiger partial charge in [-0.3, -0.25) is 9.59 Å². The molecule has 0 bridgehead atoms. The first-order valence-corrected chi connectivity index (χ1v) is 9.40. The molecule has 5 nitrogen and oxygen atoms in total. The molecule has 1 N–H and O–H groups in total. The molecule has 3 aromatic rings. The predicted octanol–water partition coefficient (Wildman–Crippen LogP) is 4.47. The van der Waals surface area contributed by atoms with Crippen molar-refractivity contribution in [1.82, 2.24) is 4.98 Å². The van der Waals surface area contributed by atoms with Crippen molar-refractivity contribution in [3.05, 3.63) is 53.1 Å². The van der Waals surface area contributed by atoms with Gasteiger partial charge in [-0.2, -0.15) is 0 Å². The van der Waals surface area contributed by atoms with Crippen LogP contribution in [0, 0.1) is 0 Å². The lowest BCUT2D eigenvalue weighted by atomic mass is 10.2. The highest BCUT2D eigenvalue weighted by Gasteiger charge is 2.10. The highest BCUT2D eigenvalue weighted by Crippen LogP contribution is 2.31. The Hall–Kier alpha value is -2.09. The average molecular weight is 393 g/mol. The number of ether oxygens (including phenoxy) is 1. The molecule has 0 radical (unpaired) electrons. The second kappa shape index (κ2) is 7.86. The van der Waals surface area contributed by atoms with E-state index in [2.05, 4.69) is 15.0 Å². The van der Waals surface area contributed by atoms with Gasteiger partial charge in [-0.1, -0.05) is 23.4 Å². The van der Waals surface area contributed by atoms with Crippen molar-refractivity contribution < 1.29 is 14.3 Å². The van der Waals surface area contributed by atoms with E-state index in [1.165, 1.54) is 30.2 Å². The number of rotatable bonds is 5. The number of aromatic nitrogens is 1. The number of anilines is 1. The average Bonchev–Trinajstić information content (AvgIpc) is 3.02. The minimum atomic E-state index is -0.292. The van der Waals surface area contributed by atoms with Crippen LogP contribution in [0.15, 0.2) is 46.8 Å². The summed E-state index contributed by atoms with van der Waals surface area (Å²) in [6.07, 6.45) is 0. The Labute approximate surface area is 157 Å². The van der Waals surface area contributed by atoms with E-state index in [1.54, 1.807) is 30.3 Å². The summed E-state index contributed by atoms with van der Waals surface area (Å²) < 4.78 is 6.33. The topological polar surface area (TPSA) is 68.3 Å². The van der Waals surface area contributed by atoms with Crippen molar-refractivity contribution in [3.63, 3.8) is 0 Å². The van der Waals surface area contributed by atoms with Crippen LogP contribution in [0.3, 0.4) is 0 Å². The number of nitrogens with one attached hydrogen (secondary N) is 1. The first-order valence-electron chi connectivity index (χ1n) is 7.22. The molecule has 3 rings (SSSR count). The van der Waals surface area contributed by atoms with Crippen molar-refractivity contribution >= 4 is 62.5 Å². The van der Waals surface area contributed by atoms with E-state index >= 15 is 0 Å². The van der Waals surface area contributed by atoms with Crippen LogP contribution in [0.1, 0.15) is 10.4 Å². The van der Waals surface area contributed by atoms with Crippen molar-refractivity contribution in [2.75, 3.05) is 18.2 Å². The molecule has 0 saturated carbocycles. The monoisotopic (exact) mass is 392 g/mol. The number of halogens is 1. The van der Waals surface area contributed by atoms with E-state index in [4.69, 9.17) is 11.6 Å². The third-order valence-electron chi connectivity index (χ3n) is 3.27. The van der Waals surface area contributed by atoms with E-state index in [1.807, 2.05) is 12.1 Å². The Morgan fingerprint density at radius 1 is 1.24 bits per heavy atom. The molecule has 128 valence electrons. The summed E-state index contributed by atoms with van der Waals surface area (Å²) in [5, 5.41) is 3.44. The Bertz CT molecular complexity index is 925. The standard InChI is InChI=1S/C17H13ClN2O3S2/c1-23-15(21)9-24-17-20-13-7-6-12(8-14(13)25-17)19-16(22)10-2-4-11(18)5-3-10/h2-8H,9H2,1H3,(H,19,22). The van der Waals surface area contributed by atoms with Crippen LogP contribution in [0.25, 0.3) is 10.2 Å². The van der Waals surface area contributed by atoms with Gasteiger partial charge in [0.1, 0.15) is 0 Å². The zero-order chi connectivity index (χ0) is 17.8. The molecule has 1 heterocycles. The number of nitrogens with zero attached hydrogens (tertiary/aromatic N) is 1. The fraction of sp³-hybridized carbons (Fsp3) is 0.118. The number of amides is 1. The normalized spacial score (nSPS) is 10.6. The van der Waals surface area contributed by atoms with Gasteiger partial charge in [0.2, 0.25) is 0 Å². The Morgan fingerprint density at radius 2 is 2.00 bits per heavy atom. The number of carbonyl (C=O) groups is 2. The molecular weight excluding hydrogens is 380 g/mol. The highest BCUT2D eigenvalue weighted by atomic mass is 35.5. The number of methoxy groups -OCH3 is 1. The summed E-state index contributed by atoms with van der Waals surface area (Å²) in [6, 6.07) is 12.2. The van der Waals surface area contributed by atoms with E-state index < -0.39 is 0 Å². The van der Waals surface area contributed by atoms with Gasteiger partial charge < -0.3 is 10.1 Å². The van der Waals surface area contributed by atoms with Gasteiger partial charge in [-0.15, -0.1) is 11.3 Å². The minimum Gasteiger partial charge on any atom is -0.468 e. The minimum absolute atomic E-state index is 0.208. The largest absolute Gasteiger partial charge is 0.468 e. The summed E-state index contributed by atoms with van der Waals surface area (Å²) in [7, 11) is 1.36. The predicted molar refractivity (Wildman–Crippen MR) is 102 cm³/mol. The number of thioether (sulfide) groups is 1. The molecule has 0 aliphatic rings. The Kier molecular flexibility index (Phi) is 5.57. The van der Waals surface area contributed by atoms with E-state index in [9.17, 15) is 9.59 Å².